The number of carbonyl (C=O) groups excluding carboxylic acids is 1. The van der Waals surface area contributed by atoms with Gasteiger partial charge in [0.05, 0.1) is 17.9 Å². The number of hydrogen-bond donors (Lipinski definition) is 2. The molecule has 4 nitrogen and oxygen atoms in total. The Morgan fingerprint density at radius 3 is 2.21 bits per heavy atom. The molecule has 3 rings (SSSR count). The van der Waals surface area contributed by atoms with E-state index in [9.17, 15) is 14.7 Å². The predicted molar refractivity (Wildman–Crippen MR) is 92.2 cm³/mol. The van der Waals surface area contributed by atoms with Gasteiger partial charge in [0.1, 0.15) is 0 Å². The summed E-state index contributed by atoms with van der Waals surface area (Å²) in [5.41, 5.74) is 3.43. The van der Waals surface area contributed by atoms with Crippen LogP contribution in [0.5, 0.6) is 0 Å². The fourth-order valence-electron chi connectivity index (χ4n) is 4.74. The molecule has 0 aliphatic heterocycles. The van der Waals surface area contributed by atoms with Crippen LogP contribution in [-0.2, 0) is 9.59 Å². The smallest absolute Gasteiger partial charge is 0.307 e. The van der Waals surface area contributed by atoms with E-state index in [0.29, 0.717) is 0 Å². The lowest BCUT2D eigenvalue weighted by atomic mass is 9.78. The molecule has 128 valence electrons. The number of nitrogens with one attached hydrogen (secondary N) is 1. The number of aliphatic carboxylic acids is 1. The molecule has 1 aromatic carbocycles. The molecule has 0 saturated heterocycles. The van der Waals surface area contributed by atoms with Gasteiger partial charge in [0.25, 0.3) is 0 Å². The van der Waals surface area contributed by atoms with E-state index in [2.05, 4.69) is 5.32 Å². The number of benzene rings is 1. The van der Waals surface area contributed by atoms with Gasteiger partial charge in [0, 0.05) is 0 Å². The van der Waals surface area contributed by atoms with Crippen molar-refractivity contribution in [3.05, 3.63) is 47.0 Å². The van der Waals surface area contributed by atoms with Gasteiger partial charge in [0.15, 0.2) is 0 Å². The van der Waals surface area contributed by atoms with Crippen LogP contribution in [-0.4, -0.2) is 17.0 Å². The maximum absolute atomic E-state index is 12.9. The van der Waals surface area contributed by atoms with Crippen LogP contribution in [0.15, 0.2) is 41.5 Å². The van der Waals surface area contributed by atoms with Crippen molar-refractivity contribution in [3.63, 3.8) is 0 Å². The van der Waals surface area contributed by atoms with E-state index in [0.717, 1.165) is 18.4 Å². The van der Waals surface area contributed by atoms with E-state index >= 15 is 0 Å². The van der Waals surface area contributed by atoms with Crippen molar-refractivity contribution in [2.75, 3.05) is 0 Å². The van der Waals surface area contributed by atoms with Crippen molar-refractivity contribution in [2.45, 2.75) is 39.7 Å². The lowest BCUT2D eigenvalue weighted by Crippen LogP contribution is -2.42. The third kappa shape index (κ3) is 2.74. The highest BCUT2D eigenvalue weighted by atomic mass is 16.4. The van der Waals surface area contributed by atoms with Crippen molar-refractivity contribution in [1.82, 2.24) is 5.32 Å². The predicted octanol–water partition coefficient (Wildman–Crippen LogP) is 3.56. The first kappa shape index (κ1) is 16.7. The van der Waals surface area contributed by atoms with Crippen LogP contribution in [0, 0.1) is 23.7 Å². The minimum Gasteiger partial charge on any atom is -0.481 e. The van der Waals surface area contributed by atoms with Gasteiger partial charge in [0.2, 0.25) is 5.91 Å². The lowest BCUT2D eigenvalue weighted by molar-refractivity contribution is -0.149. The number of carboxylic acid groups (broad SMARTS) is 1. The summed E-state index contributed by atoms with van der Waals surface area (Å²) in [6, 6.07) is 9.65. The van der Waals surface area contributed by atoms with E-state index in [1.807, 2.05) is 51.1 Å². The molecular formula is C20H25NO3. The Bertz CT molecular complexity index is 675. The highest BCUT2D eigenvalue weighted by Gasteiger charge is 2.57. The van der Waals surface area contributed by atoms with Gasteiger partial charge >= 0.3 is 5.97 Å². The summed E-state index contributed by atoms with van der Waals surface area (Å²) in [4.78, 5) is 24.7. The first-order chi connectivity index (χ1) is 11.4. The summed E-state index contributed by atoms with van der Waals surface area (Å²) in [7, 11) is 0. The summed E-state index contributed by atoms with van der Waals surface area (Å²) in [6.07, 6.45) is 1.81. The minimum absolute atomic E-state index is 0.0280. The van der Waals surface area contributed by atoms with Crippen molar-refractivity contribution < 1.29 is 14.7 Å². The van der Waals surface area contributed by atoms with Crippen LogP contribution in [0.3, 0.4) is 0 Å². The second-order valence-corrected chi connectivity index (χ2v) is 7.28. The topological polar surface area (TPSA) is 66.4 Å². The van der Waals surface area contributed by atoms with E-state index in [1.54, 1.807) is 0 Å². The maximum Gasteiger partial charge on any atom is 0.307 e. The van der Waals surface area contributed by atoms with Gasteiger partial charge in [-0.2, -0.15) is 0 Å². The Morgan fingerprint density at radius 2 is 1.67 bits per heavy atom. The van der Waals surface area contributed by atoms with Crippen LogP contribution in [0.25, 0.3) is 0 Å². The normalized spacial score (nSPS) is 29.4. The van der Waals surface area contributed by atoms with E-state index in [-0.39, 0.29) is 23.8 Å². The number of fused-ring (bicyclic) bond motifs is 2. The maximum atomic E-state index is 12.9. The zero-order valence-electron chi connectivity index (χ0n) is 14.5. The third-order valence-electron chi connectivity index (χ3n) is 5.67. The van der Waals surface area contributed by atoms with Crippen molar-refractivity contribution in [1.29, 1.82) is 0 Å². The lowest BCUT2D eigenvalue weighted by Gasteiger charge is -2.28. The molecule has 1 aromatic rings. The third-order valence-corrected chi connectivity index (χ3v) is 5.67. The molecular weight excluding hydrogens is 302 g/mol. The Balaban J connectivity index is 1.83. The minimum atomic E-state index is -0.839. The van der Waals surface area contributed by atoms with Crippen LogP contribution in [0.2, 0.25) is 0 Å². The molecule has 4 heteroatoms. The molecule has 2 aliphatic rings. The zero-order valence-corrected chi connectivity index (χ0v) is 14.5. The molecule has 0 radical (unpaired) electrons. The highest BCUT2D eigenvalue weighted by Crippen LogP contribution is 2.57. The molecule has 2 bridgehead atoms. The van der Waals surface area contributed by atoms with Gasteiger partial charge in [-0.1, -0.05) is 41.5 Å². The summed E-state index contributed by atoms with van der Waals surface area (Å²) >= 11 is 0. The summed E-state index contributed by atoms with van der Waals surface area (Å²) in [6.45, 7) is 6.01. The average molecular weight is 327 g/mol. The van der Waals surface area contributed by atoms with Gasteiger partial charge in [-0.15, -0.1) is 0 Å². The molecule has 2 fully saturated rings. The Hall–Kier alpha value is -2.10. The fraction of sp³-hybridized carbons (Fsp3) is 0.500. The van der Waals surface area contributed by atoms with Gasteiger partial charge in [-0.05, 0) is 51.0 Å². The summed E-state index contributed by atoms with van der Waals surface area (Å²) < 4.78 is 0. The molecule has 2 N–H and O–H groups in total. The first-order valence-electron chi connectivity index (χ1n) is 8.67. The second kappa shape index (κ2) is 6.42. The molecule has 0 spiro atoms. The van der Waals surface area contributed by atoms with E-state index < -0.39 is 17.8 Å². The van der Waals surface area contributed by atoms with Crippen LogP contribution >= 0.6 is 0 Å². The highest BCUT2D eigenvalue weighted by molar-refractivity contribution is 5.87. The fourth-order valence-corrected chi connectivity index (χ4v) is 4.74. The molecule has 24 heavy (non-hydrogen) atoms. The number of rotatable bonds is 4. The monoisotopic (exact) mass is 327 g/mol. The standard InChI is InChI=1S/C20H25NO3/c1-11(2)16-14-9-10-15(16)18(20(23)24)17(14)19(22)21-12(3)13-7-5-4-6-8-13/h4-8,12,14-15,17-18H,9-10H2,1-3H3,(H,21,22)(H,23,24). The van der Waals surface area contributed by atoms with Crippen LogP contribution in [0.4, 0.5) is 0 Å². The van der Waals surface area contributed by atoms with E-state index in [1.165, 1.54) is 11.1 Å². The van der Waals surface area contributed by atoms with Gasteiger partial charge in [-0.25, -0.2) is 0 Å². The van der Waals surface area contributed by atoms with Crippen LogP contribution < -0.4 is 5.32 Å². The van der Waals surface area contributed by atoms with Crippen molar-refractivity contribution in [2.24, 2.45) is 23.7 Å². The number of amides is 1. The van der Waals surface area contributed by atoms with Crippen LogP contribution in [0.1, 0.15) is 45.2 Å². The Morgan fingerprint density at radius 1 is 1.08 bits per heavy atom. The molecule has 2 saturated carbocycles. The SMILES string of the molecule is CC(C)=C1C2CCC1C(C(=O)NC(C)c1ccccc1)C2C(=O)O. The zero-order chi connectivity index (χ0) is 17.4. The number of carboxylic acids is 1. The molecule has 5 atom stereocenters. The quantitative estimate of drug-likeness (QED) is 0.831. The van der Waals surface area contributed by atoms with Crippen molar-refractivity contribution >= 4 is 11.9 Å². The molecule has 0 aromatic heterocycles. The number of hydrogen-bond acceptors (Lipinski definition) is 2. The molecule has 1 amide bonds. The molecule has 0 heterocycles. The largest absolute Gasteiger partial charge is 0.481 e. The number of carbonyl (C=O) groups is 2. The Kier molecular flexibility index (Phi) is 4.48. The van der Waals surface area contributed by atoms with Crippen molar-refractivity contribution in [3.8, 4) is 0 Å². The van der Waals surface area contributed by atoms with Gasteiger partial charge < -0.3 is 10.4 Å². The number of allylic oxidation sites excluding steroid dienone is 2. The van der Waals surface area contributed by atoms with Gasteiger partial charge in [-0.3, -0.25) is 9.59 Å². The first-order valence-corrected chi connectivity index (χ1v) is 8.67. The van der Waals surface area contributed by atoms with E-state index in [4.69, 9.17) is 0 Å². The molecule has 5 unspecified atom stereocenters. The Labute approximate surface area is 143 Å². The summed E-state index contributed by atoms with van der Waals surface area (Å²) in [5, 5.41) is 12.7. The second-order valence-electron chi connectivity index (χ2n) is 7.28. The average Bonchev–Trinajstić information content (AvgIpc) is 3.11. The molecule has 2 aliphatic carbocycles. The summed E-state index contributed by atoms with van der Waals surface area (Å²) in [5.74, 6) is -1.88.